The predicted molar refractivity (Wildman–Crippen MR) is 183 cm³/mol. The number of ether oxygens (including phenoxy) is 1. The van der Waals surface area contributed by atoms with E-state index in [4.69, 9.17) is 29.0 Å². The van der Waals surface area contributed by atoms with Crippen LogP contribution in [0.15, 0.2) is 36.4 Å². The van der Waals surface area contributed by atoms with E-state index in [1.165, 1.54) is 29.7 Å². The molecule has 1 radical (unpaired) electrons. The average Bonchev–Trinajstić information content (AvgIpc) is 3.34. The van der Waals surface area contributed by atoms with Gasteiger partial charge in [-0.25, -0.2) is 0 Å². The molecule has 2 aromatic carbocycles. The molecule has 1 heterocycles. The molecule has 1 aliphatic heterocycles. The van der Waals surface area contributed by atoms with E-state index in [2.05, 4.69) is 56.4 Å². The predicted octanol–water partition coefficient (Wildman–Crippen LogP) is 5.93. The van der Waals surface area contributed by atoms with E-state index in [1.54, 1.807) is 6.07 Å². The van der Waals surface area contributed by atoms with Crippen molar-refractivity contribution in [2.24, 2.45) is 0 Å². The molecule has 2 aromatic rings. The van der Waals surface area contributed by atoms with Gasteiger partial charge in [0, 0.05) is 0 Å². The second-order valence-electron chi connectivity index (χ2n) is 14.0. The number of alkyl halides is 4. The Kier molecular flexibility index (Phi) is 12.7. The zero-order valence-corrected chi connectivity index (χ0v) is 32.2. The van der Waals surface area contributed by atoms with Crippen molar-refractivity contribution in [3.63, 3.8) is 0 Å². The van der Waals surface area contributed by atoms with Gasteiger partial charge in [-0.2, -0.15) is 0 Å². The van der Waals surface area contributed by atoms with Gasteiger partial charge in [0.15, 0.2) is 0 Å². The Morgan fingerprint density at radius 2 is 1.93 bits per heavy atom. The van der Waals surface area contributed by atoms with Gasteiger partial charge in [-0.3, -0.25) is 0 Å². The molecule has 1 saturated heterocycles. The summed E-state index contributed by atoms with van der Waals surface area (Å²) in [6.07, 6.45) is 6.32. The second kappa shape index (κ2) is 15.5. The normalized spacial score (nSPS) is 23.7. The summed E-state index contributed by atoms with van der Waals surface area (Å²) in [6, 6.07) is 13.5. The van der Waals surface area contributed by atoms with Crippen molar-refractivity contribution >= 4 is 39.2 Å². The monoisotopic (exact) mass is 775 g/mol. The number of halogens is 3. The summed E-state index contributed by atoms with van der Waals surface area (Å²) in [5, 5.41) is 11.3. The Labute approximate surface area is 281 Å². The maximum absolute atomic E-state index is 14.6. The fraction of sp³-hybridized carbons (Fsp3) is 0.629. The number of hydrogen-bond acceptors (Lipinski definition) is 4. The van der Waals surface area contributed by atoms with Crippen LogP contribution < -0.4 is 18.4 Å². The number of carbonyl (C=O) groups is 1. The van der Waals surface area contributed by atoms with Crippen molar-refractivity contribution in [2.75, 3.05) is 26.7 Å². The molecule has 2 aliphatic rings. The third kappa shape index (κ3) is 9.24. The van der Waals surface area contributed by atoms with Crippen molar-refractivity contribution in [1.82, 2.24) is 4.57 Å². The first-order valence-corrected chi connectivity index (χ1v) is 25.3. The molecule has 0 spiro atoms. The van der Waals surface area contributed by atoms with Crippen molar-refractivity contribution in [3.8, 4) is 0 Å². The van der Waals surface area contributed by atoms with Crippen LogP contribution in [0.4, 0.5) is 4.39 Å². The second-order valence-corrected chi connectivity index (χ2v) is 29.0. The van der Waals surface area contributed by atoms with Crippen molar-refractivity contribution in [1.29, 1.82) is 0 Å². The van der Waals surface area contributed by atoms with Gasteiger partial charge in [-0.05, 0) is 0 Å². The summed E-state index contributed by atoms with van der Waals surface area (Å²) in [6.45, 7) is 9.60. The molecule has 44 heavy (non-hydrogen) atoms. The van der Waals surface area contributed by atoms with Gasteiger partial charge in [0.2, 0.25) is 0 Å². The number of benzene rings is 2. The molecule has 4 nitrogen and oxygen atoms in total. The summed E-state index contributed by atoms with van der Waals surface area (Å²) < 4.78 is 24.3. The molecule has 1 unspecified atom stereocenters. The van der Waals surface area contributed by atoms with Gasteiger partial charge in [-0.15, -0.1) is 0 Å². The Balaban J connectivity index is 1.62. The molecule has 0 bridgehead atoms. The Bertz CT molecular complexity index is 1270. The zero-order chi connectivity index (χ0) is 32.2. The summed E-state index contributed by atoms with van der Waals surface area (Å²) in [4.78, 5) is 15.6. The maximum atomic E-state index is 14.6. The van der Waals surface area contributed by atoms with Crippen molar-refractivity contribution in [2.45, 2.75) is 106 Å². The van der Waals surface area contributed by atoms with Crippen molar-refractivity contribution in [3.05, 3.63) is 69.5 Å². The zero-order valence-electron chi connectivity index (χ0n) is 27.3. The van der Waals surface area contributed by atoms with Crippen LogP contribution >= 0.6 is 24.2 Å². The molecular weight excluding hydrogens is 724 g/mol. The van der Waals surface area contributed by atoms with E-state index in [0.717, 1.165) is 60.2 Å². The molecule has 1 N–H and O–H groups in total. The van der Waals surface area contributed by atoms with Crippen LogP contribution in [-0.4, -0.2) is 63.0 Å². The van der Waals surface area contributed by atoms with Gasteiger partial charge >= 0.3 is 283 Å². The third-order valence-electron chi connectivity index (χ3n) is 9.48. The quantitative estimate of drug-likeness (QED) is 0.122. The first kappa shape index (κ1) is 36.2. The van der Waals surface area contributed by atoms with Crippen LogP contribution in [0.5, 0.6) is 0 Å². The van der Waals surface area contributed by atoms with Crippen LogP contribution in [0.2, 0.25) is 17.1 Å². The van der Waals surface area contributed by atoms with Crippen LogP contribution in [0.3, 0.4) is 0 Å². The van der Waals surface area contributed by atoms with Crippen LogP contribution in [0, 0.1) is 12.7 Å². The fourth-order valence-corrected chi connectivity index (χ4v) is 19.2. The molecule has 1 aliphatic carbocycles. The molecule has 0 aromatic heterocycles. The third-order valence-corrected chi connectivity index (χ3v) is 25.4. The average molecular weight is 776 g/mol. The SMILES string of the molecule is Cc1cccc([C@@H](C(=O)O)[I-](C)(CS)CC[C@H](C[Si]2CCCN2C)c2cc(F)cc(Cl)c2)c1C1CCC(OC(C)(C)C)CC1. The van der Waals surface area contributed by atoms with Crippen molar-refractivity contribution < 1.29 is 37.5 Å². The molecule has 0 amide bonds. The minimum absolute atomic E-state index is 0.157. The number of carboxylic acids is 1. The van der Waals surface area contributed by atoms with Crippen LogP contribution in [-0.2, 0) is 9.53 Å². The summed E-state index contributed by atoms with van der Waals surface area (Å²) in [7, 11) is 1.49. The number of nitrogens with zero attached hydrogens (tertiary/aromatic N) is 1. The van der Waals surface area contributed by atoms with Gasteiger partial charge < -0.3 is 0 Å². The molecular formula is C35H52ClFINO3SSi-. The number of rotatable bonds is 12. The molecule has 247 valence electrons. The number of aryl methyl sites for hydroxylation is 1. The van der Waals surface area contributed by atoms with Crippen LogP contribution in [0.25, 0.3) is 0 Å². The molecule has 1 saturated carbocycles. The van der Waals surface area contributed by atoms with Gasteiger partial charge in [0.1, 0.15) is 0 Å². The number of hydrogen-bond donors (Lipinski definition) is 2. The van der Waals surface area contributed by atoms with Gasteiger partial charge in [0.25, 0.3) is 0 Å². The Hall–Kier alpha value is -0.653. The molecule has 9 heteroatoms. The minimum atomic E-state index is -3.07. The molecule has 2 fully saturated rings. The topological polar surface area (TPSA) is 49.8 Å². The number of carboxylic acid groups (broad SMARTS) is 1. The Morgan fingerprint density at radius 1 is 1.23 bits per heavy atom. The van der Waals surface area contributed by atoms with E-state index in [-0.39, 0.29) is 23.4 Å². The van der Waals surface area contributed by atoms with E-state index in [1.807, 2.05) is 12.1 Å². The standard InChI is InChI=1S/C35H52ClFINO3SSi/c1-24-9-7-10-31(32(24)25-11-13-30(14-12-25)42-35(2,3)4)33(34(40)41)38(5,23-43)16-15-26(22-44-18-8-17-39(44)6)27-19-28(36)21-29(37)20-27/h7,9-10,19-21,25-26,30,33,43H,8,11-18,22-23H2,1-6H3,(H,40,41)/q-1/t25?,26-,30?,33+/m1/s1. The summed E-state index contributed by atoms with van der Waals surface area (Å²) in [5.41, 5.74) is 4.24. The molecule has 3 atom stereocenters. The number of thiol groups is 1. The van der Waals surface area contributed by atoms with Crippen LogP contribution in [0.1, 0.15) is 97.3 Å². The van der Waals surface area contributed by atoms with Gasteiger partial charge in [-0.1, -0.05) is 0 Å². The Morgan fingerprint density at radius 3 is 2.50 bits per heavy atom. The van der Waals surface area contributed by atoms with E-state index >= 15 is 0 Å². The molecule has 4 rings (SSSR count). The number of aliphatic carboxylic acids is 1. The summed E-state index contributed by atoms with van der Waals surface area (Å²) in [5.74, 6) is -0.530. The first-order chi connectivity index (χ1) is 20.7. The first-order valence-electron chi connectivity index (χ1n) is 16.0. The van der Waals surface area contributed by atoms with E-state index < -0.39 is 37.3 Å². The summed E-state index contributed by atoms with van der Waals surface area (Å²) >= 11 is 8.17. The van der Waals surface area contributed by atoms with Gasteiger partial charge in [0.05, 0.1) is 0 Å². The van der Waals surface area contributed by atoms with E-state index in [9.17, 15) is 14.3 Å². The fourth-order valence-electron chi connectivity index (χ4n) is 7.32. The van der Waals surface area contributed by atoms with E-state index in [0.29, 0.717) is 14.7 Å².